The number of nitrogens with one attached hydrogen (secondary N) is 2. The van der Waals surface area contributed by atoms with Crippen LogP contribution in [0.5, 0.6) is 5.75 Å². The minimum Gasteiger partial charge on any atom is -0.465 e. The number of aliphatic hydroxyl groups is 1. The molecule has 40 heavy (non-hydrogen) atoms. The molecular formula is C25H30BrClN3O9P. The smallest absolute Gasteiger partial charge is 0.459 e. The van der Waals surface area contributed by atoms with E-state index in [1.165, 1.54) is 29.4 Å². The molecule has 2 aliphatic rings. The highest BCUT2D eigenvalue weighted by Crippen LogP contribution is 2.50. The van der Waals surface area contributed by atoms with Crippen molar-refractivity contribution in [2.24, 2.45) is 0 Å². The van der Waals surface area contributed by atoms with Crippen molar-refractivity contribution in [1.29, 1.82) is 0 Å². The predicted molar refractivity (Wildman–Crippen MR) is 150 cm³/mol. The summed E-state index contributed by atoms with van der Waals surface area (Å²) in [6, 6.07) is 6.11. The maximum atomic E-state index is 14.1. The number of aliphatic hydroxyl groups excluding tert-OH is 1. The van der Waals surface area contributed by atoms with E-state index < -0.39 is 55.5 Å². The third kappa shape index (κ3) is 7.14. The number of nitrogens with zero attached hydrogens (tertiary/aromatic N) is 1. The van der Waals surface area contributed by atoms with Gasteiger partial charge >= 0.3 is 19.4 Å². The molecule has 2 heterocycles. The van der Waals surface area contributed by atoms with E-state index in [1.54, 1.807) is 19.1 Å². The Morgan fingerprint density at radius 3 is 2.67 bits per heavy atom. The van der Waals surface area contributed by atoms with E-state index in [9.17, 15) is 24.1 Å². The molecule has 4 atom stereocenters. The number of H-pyrrole nitrogens is 1. The van der Waals surface area contributed by atoms with Crippen LogP contribution in [-0.4, -0.2) is 51.6 Å². The van der Waals surface area contributed by atoms with Crippen LogP contribution in [0, 0.1) is 0 Å². The highest BCUT2D eigenvalue weighted by Gasteiger charge is 2.49. The Morgan fingerprint density at radius 2 is 2.02 bits per heavy atom. The average Bonchev–Trinajstić information content (AvgIpc) is 3.53. The molecule has 1 saturated heterocycles. The number of halogens is 2. The summed E-state index contributed by atoms with van der Waals surface area (Å²) in [5.74, 6) is -0.380. The van der Waals surface area contributed by atoms with E-state index in [4.69, 9.17) is 30.1 Å². The minimum atomic E-state index is -4.27. The van der Waals surface area contributed by atoms with E-state index in [2.05, 4.69) is 26.0 Å². The molecule has 2 aromatic rings. The number of aromatic amines is 1. The standard InChI is InChI=1S/C25H30BrClN3O9P/c1-2-36-23(33)25(10-3-4-11-25)29-40(35,39-18-7-5-17(27)6-8-18)37-15-20-19(31)13-21(38-20)30-14-16(9-12-26)22(32)28-24(30)34/h5-9,12,14,19-21,31H,2-4,10-11,13,15H2,1H3,(H,29,35)(H,28,32,34)/b12-9+/t19-,20?,21-,40?/m1/s1. The predicted octanol–water partition coefficient (Wildman–Crippen LogP) is 3.87. The van der Waals surface area contributed by atoms with E-state index in [-0.39, 0.29) is 24.3 Å². The van der Waals surface area contributed by atoms with Crippen molar-refractivity contribution in [3.05, 3.63) is 66.9 Å². The molecule has 0 bridgehead atoms. The Morgan fingerprint density at radius 1 is 1.32 bits per heavy atom. The molecule has 1 saturated carbocycles. The van der Waals surface area contributed by atoms with Gasteiger partial charge in [0.2, 0.25) is 0 Å². The number of ether oxygens (including phenoxy) is 2. The Balaban J connectivity index is 1.55. The van der Waals surface area contributed by atoms with Crippen LogP contribution in [0.1, 0.15) is 50.8 Å². The molecule has 1 aliphatic carbocycles. The average molecular weight is 663 g/mol. The monoisotopic (exact) mass is 661 g/mol. The highest BCUT2D eigenvalue weighted by molar-refractivity contribution is 9.11. The first kappa shape index (κ1) is 30.7. The van der Waals surface area contributed by atoms with Crippen LogP contribution in [0.2, 0.25) is 5.02 Å². The summed E-state index contributed by atoms with van der Waals surface area (Å²) in [4.78, 5) is 41.1. The first-order valence-electron chi connectivity index (χ1n) is 12.7. The van der Waals surface area contributed by atoms with Crippen LogP contribution >= 0.6 is 35.3 Å². The Bertz CT molecular complexity index is 1390. The normalized spacial score (nSPS) is 23.8. The van der Waals surface area contributed by atoms with Gasteiger partial charge in [0.25, 0.3) is 5.56 Å². The topological polar surface area (TPSA) is 158 Å². The van der Waals surface area contributed by atoms with E-state index in [0.717, 1.165) is 4.57 Å². The van der Waals surface area contributed by atoms with Crippen LogP contribution in [0.15, 0.2) is 45.0 Å². The number of carbonyl (C=O) groups excluding carboxylic acids is 1. The summed E-state index contributed by atoms with van der Waals surface area (Å²) in [6.45, 7) is 1.43. The van der Waals surface area contributed by atoms with Crippen LogP contribution in [0.3, 0.4) is 0 Å². The van der Waals surface area contributed by atoms with Gasteiger partial charge in [0.05, 0.1) is 24.9 Å². The molecule has 15 heteroatoms. The fourth-order valence-corrected chi connectivity index (χ4v) is 6.85. The third-order valence-electron chi connectivity index (χ3n) is 6.67. The lowest BCUT2D eigenvalue weighted by Crippen LogP contribution is -2.50. The zero-order valence-electron chi connectivity index (χ0n) is 21.6. The maximum absolute atomic E-state index is 14.1. The SMILES string of the molecule is CCOC(=O)C1(NP(=O)(OCC2O[C@@H](n3cc(/C=C/Br)c(=O)[nH]c3=O)C[C@H]2O)Oc2ccc(Cl)cc2)CCCC1. The molecule has 0 radical (unpaired) electrons. The van der Waals surface area contributed by atoms with Crippen molar-refractivity contribution in [2.45, 2.75) is 63.0 Å². The molecule has 4 rings (SSSR count). The number of benzene rings is 1. The summed E-state index contributed by atoms with van der Waals surface area (Å²) in [7, 11) is -4.27. The van der Waals surface area contributed by atoms with Gasteiger partial charge in [0.15, 0.2) is 0 Å². The Hall–Kier alpha value is -2.25. The van der Waals surface area contributed by atoms with E-state index in [1.807, 2.05) is 0 Å². The Kier molecular flexibility index (Phi) is 10.1. The van der Waals surface area contributed by atoms with Gasteiger partial charge in [-0.05, 0) is 55.1 Å². The number of hydrogen-bond acceptors (Lipinski definition) is 9. The fourth-order valence-electron chi connectivity index (χ4n) is 4.70. The van der Waals surface area contributed by atoms with Gasteiger partial charge in [-0.25, -0.2) is 9.36 Å². The molecule has 1 aromatic carbocycles. The molecule has 3 N–H and O–H groups in total. The van der Waals surface area contributed by atoms with Crippen molar-refractivity contribution in [3.63, 3.8) is 0 Å². The number of esters is 1. The summed E-state index contributed by atoms with van der Waals surface area (Å²) in [6.07, 6.45) is 1.89. The van der Waals surface area contributed by atoms with Crippen molar-refractivity contribution in [3.8, 4) is 5.75 Å². The van der Waals surface area contributed by atoms with Gasteiger partial charge < -0.3 is 19.1 Å². The van der Waals surface area contributed by atoms with Crippen molar-refractivity contribution >= 4 is 47.3 Å². The molecule has 12 nitrogen and oxygen atoms in total. The molecule has 0 spiro atoms. The highest BCUT2D eigenvalue weighted by atomic mass is 79.9. The second-order valence-electron chi connectivity index (χ2n) is 9.44. The van der Waals surface area contributed by atoms with Gasteiger partial charge in [-0.1, -0.05) is 40.4 Å². The van der Waals surface area contributed by atoms with Gasteiger partial charge in [0.1, 0.15) is 23.6 Å². The van der Waals surface area contributed by atoms with Crippen LogP contribution in [0.4, 0.5) is 0 Å². The summed E-state index contributed by atoms with van der Waals surface area (Å²) in [5.41, 5.74) is -2.38. The van der Waals surface area contributed by atoms with Crippen LogP contribution in [0.25, 0.3) is 6.08 Å². The van der Waals surface area contributed by atoms with Gasteiger partial charge in [-0.15, -0.1) is 0 Å². The quantitative estimate of drug-likeness (QED) is 0.238. The van der Waals surface area contributed by atoms with Crippen molar-refractivity contribution in [2.75, 3.05) is 13.2 Å². The maximum Gasteiger partial charge on any atom is 0.459 e. The largest absolute Gasteiger partial charge is 0.465 e. The number of hydrogen-bond donors (Lipinski definition) is 3. The van der Waals surface area contributed by atoms with Crippen LogP contribution < -0.4 is 20.9 Å². The lowest BCUT2D eigenvalue weighted by Gasteiger charge is -2.32. The van der Waals surface area contributed by atoms with E-state index >= 15 is 0 Å². The number of carbonyl (C=O) groups is 1. The van der Waals surface area contributed by atoms with Gasteiger partial charge in [-0.3, -0.25) is 23.7 Å². The summed E-state index contributed by atoms with van der Waals surface area (Å²) >= 11 is 9.06. The van der Waals surface area contributed by atoms with Crippen LogP contribution in [-0.2, 0) is 23.4 Å². The molecule has 0 amide bonds. The molecule has 1 aromatic heterocycles. The van der Waals surface area contributed by atoms with Crippen molar-refractivity contribution < 1.29 is 33.0 Å². The first-order chi connectivity index (χ1) is 19.1. The van der Waals surface area contributed by atoms with Gasteiger partial charge in [0, 0.05) is 17.6 Å². The first-order valence-corrected chi connectivity index (χ1v) is 15.5. The van der Waals surface area contributed by atoms with E-state index in [0.29, 0.717) is 30.7 Å². The molecule has 1 aliphatic heterocycles. The minimum absolute atomic E-state index is 0.0000208. The van der Waals surface area contributed by atoms with Gasteiger partial charge in [-0.2, -0.15) is 5.09 Å². The Labute approximate surface area is 243 Å². The van der Waals surface area contributed by atoms with Crippen molar-refractivity contribution in [1.82, 2.24) is 14.6 Å². The second-order valence-corrected chi connectivity index (χ2v) is 12.1. The summed E-state index contributed by atoms with van der Waals surface area (Å²) < 4.78 is 37.9. The summed E-state index contributed by atoms with van der Waals surface area (Å²) in [5, 5.41) is 14.0. The fraction of sp³-hybridized carbons (Fsp3) is 0.480. The molecular weight excluding hydrogens is 633 g/mol. The molecule has 2 fully saturated rings. The lowest BCUT2D eigenvalue weighted by atomic mass is 10.00. The number of rotatable bonds is 11. The third-order valence-corrected chi connectivity index (χ3v) is 8.83. The molecule has 218 valence electrons. The zero-order chi connectivity index (χ0) is 28.9. The number of aromatic nitrogens is 2. The second kappa shape index (κ2) is 13.2. The molecule has 2 unspecified atom stereocenters. The zero-order valence-corrected chi connectivity index (χ0v) is 24.8. The lowest BCUT2D eigenvalue weighted by molar-refractivity contribution is -0.150.